The highest BCUT2D eigenvalue weighted by Gasteiger charge is 2.15. The van der Waals surface area contributed by atoms with Gasteiger partial charge in [0.1, 0.15) is 0 Å². The molecule has 1 heterocycles. The third kappa shape index (κ3) is 6.08. The Labute approximate surface area is 190 Å². The highest BCUT2D eigenvalue weighted by atomic mass is 35.5. The number of amides is 2. The number of hydrogen-bond acceptors (Lipinski definition) is 5. The highest BCUT2D eigenvalue weighted by Crippen LogP contribution is 2.19. The van der Waals surface area contributed by atoms with Gasteiger partial charge in [0.25, 0.3) is 5.91 Å². The molecule has 0 saturated heterocycles. The van der Waals surface area contributed by atoms with Crippen molar-refractivity contribution in [2.75, 3.05) is 11.1 Å². The Balaban J connectivity index is 1.56. The minimum absolute atomic E-state index is 0.117. The van der Waals surface area contributed by atoms with Gasteiger partial charge in [0, 0.05) is 12.2 Å². The Morgan fingerprint density at radius 3 is 2.48 bits per heavy atom. The van der Waals surface area contributed by atoms with Crippen LogP contribution in [0, 0.1) is 0 Å². The van der Waals surface area contributed by atoms with E-state index in [2.05, 4.69) is 27.8 Å². The summed E-state index contributed by atoms with van der Waals surface area (Å²) in [5.74, 6) is 0.424. The lowest BCUT2D eigenvalue weighted by molar-refractivity contribution is -0.113. The standard InChI is InChI=1S/C22H24ClN5O2S/c1-3-15-9-11-16(12-10-15)25-20(29)14-31-22-27-26-19(28(22)4-2)13-24-21(30)17-7-5-6-8-18(17)23/h5-12H,3-4,13-14H2,1-2H3,(H,24,30)(H,25,29). The van der Waals surface area contributed by atoms with Crippen molar-refractivity contribution in [3.05, 3.63) is 70.5 Å². The summed E-state index contributed by atoms with van der Waals surface area (Å²) in [6.07, 6.45) is 0.956. The molecule has 0 bridgehead atoms. The molecule has 0 spiro atoms. The number of thioether (sulfide) groups is 1. The summed E-state index contributed by atoms with van der Waals surface area (Å²) in [4.78, 5) is 24.7. The van der Waals surface area contributed by atoms with Crippen molar-refractivity contribution in [2.45, 2.75) is 38.5 Å². The van der Waals surface area contributed by atoms with E-state index in [0.717, 1.165) is 12.1 Å². The molecule has 162 valence electrons. The van der Waals surface area contributed by atoms with Crippen LogP contribution >= 0.6 is 23.4 Å². The van der Waals surface area contributed by atoms with E-state index in [1.165, 1.54) is 17.3 Å². The van der Waals surface area contributed by atoms with Gasteiger partial charge in [0.05, 0.1) is 22.9 Å². The minimum Gasteiger partial charge on any atom is -0.345 e. The molecule has 2 amide bonds. The van der Waals surface area contributed by atoms with Crippen molar-refractivity contribution in [2.24, 2.45) is 0 Å². The SMILES string of the molecule is CCc1ccc(NC(=O)CSc2nnc(CNC(=O)c3ccccc3Cl)n2CC)cc1. The van der Waals surface area contributed by atoms with Crippen LogP contribution in [0.3, 0.4) is 0 Å². The van der Waals surface area contributed by atoms with Gasteiger partial charge in [-0.15, -0.1) is 10.2 Å². The molecule has 0 aliphatic carbocycles. The number of nitrogens with zero attached hydrogens (tertiary/aromatic N) is 3. The predicted molar refractivity (Wildman–Crippen MR) is 123 cm³/mol. The summed E-state index contributed by atoms with van der Waals surface area (Å²) < 4.78 is 1.88. The Morgan fingerprint density at radius 2 is 1.81 bits per heavy atom. The zero-order valence-electron chi connectivity index (χ0n) is 17.4. The average molecular weight is 458 g/mol. The lowest BCUT2D eigenvalue weighted by atomic mass is 10.1. The lowest BCUT2D eigenvalue weighted by Crippen LogP contribution is -2.25. The first-order valence-corrected chi connectivity index (χ1v) is 11.3. The van der Waals surface area contributed by atoms with Gasteiger partial charge in [0.15, 0.2) is 11.0 Å². The molecule has 7 nitrogen and oxygen atoms in total. The Kier molecular flexibility index (Phi) is 8.08. The molecular formula is C22H24ClN5O2S. The Morgan fingerprint density at radius 1 is 1.06 bits per heavy atom. The van der Waals surface area contributed by atoms with Gasteiger partial charge in [0.2, 0.25) is 5.91 Å². The van der Waals surface area contributed by atoms with Crippen LogP contribution in [-0.4, -0.2) is 32.3 Å². The second-order valence-electron chi connectivity index (χ2n) is 6.69. The Bertz CT molecular complexity index is 1050. The first-order chi connectivity index (χ1) is 15.0. The number of hydrogen-bond donors (Lipinski definition) is 2. The number of halogens is 1. The number of rotatable bonds is 9. The fraction of sp³-hybridized carbons (Fsp3) is 0.273. The summed E-state index contributed by atoms with van der Waals surface area (Å²) in [7, 11) is 0. The molecule has 0 fully saturated rings. The number of benzene rings is 2. The van der Waals surface area contributed by atoms with E-state index in [1.807, 2.05) is 35.8 Å². The van der Waals surface area contributed by atoms with Crippen molar-refractivity contribution in [1.29, 1.82) is 0 Å². The second-order valence-corrected chi connectivity index (χ2v) is 8.04. The van der Waals surface area contributed by atoms with E-state index in [1.54, 1.807) is 24.3 Å². The summed E-state index contributed by atoms with van der Waals surface area (Å²) in [6, 6.07) is 14.7. The number of aromatic nitrogens is 3. The van der Waals surface area contributed by atoms with E-state index in [0.29, 0.717) is 28.1 Å². The highest BCUT2D eigenvalue weighted by molar-refractivity contribution is 7.99. The molecule has 3 aromatic rings. The van der Waals surface area contributed by atoms with Crippen LogP contribution < -0.4 is 10.6 Å². The molecule has 0 radical (unpaired) electrons. The molecule has 0 saturated carbocycles. The van der Waals surface area contributed by atoms with E-state index >= 15 is 0 Å². The van der Waals surface area contributed by atoms with E-state index in [4.69, 9.17) is 11.6 Å². The van der Waals surface area contributed by atoms with Crippen LogP contribution in [0.4, 0.5) is 5.69 Å². The van der Waals surface area contributed by atoms with Crippen LogP contribution in [0.2, 0.25) is 5.02 Å². The van der Waals surface area contributed by atoms with Gasteiger partial charge in [-0.2, -0.15) is 0 Å². The quantitative estimate of drug-likeness (QED) is 0.470. The molecule has 0 atom stereocenters. The maximum Gasteiger partial charge on any atom is 0.253 e. The number of nitrogens with one attached hydrogen (secondary N) is 2. The summed E-state index contributed by atoms with van der Waals surface area (Å²) >= 11 is 7.38. The van der Waals surface area contributed by atoms with Gasteiger partial charge in [-0.1, -0.05) is 54.6 Å². The third-order valence-electron chi connectivity index (χ3n) is 4.61. The van der Waals surface area contributed by atoms with E-state index < -0.39 is 0 Å². The maximum atomic E-state index is 12.4. The maximum absolute atomic E-state index is 12.4. The van der Waals surface area contributed by atoms with Crippen molar-refractivity contribution in [3.63, 3.8) is 0 Å². The van der Waals surface area contributed by atoms with Gasteiger partial charge in [-0.05, 0) is 43.2 Å². The Hall–Kier alpha value is -2.84. The molecule has 0 aliphatic rings. The van der Waals surface area contributed by atoms with Crippen molar-refractivity contribution >= 4 is 40.9 Å². The van der Waals surface area contributed by atoms with Crippen LogP contribution in [0.5, 0.6) is 0 Å². The lowest BCUT2D eigenvalue weighted by Gasteiger charge is -2.09. The van der Waals surface area contributed by atoms with Crippen molar-refractivity contribution in [3.8, 4) is 0 Å². The number of carbonyl (C=O) groups excluding carboxylic acids is 2. The fourth-order valence-electron chi connectivity index (χ4n) is 2.93. The van der Waals surface area contributed by atoms with E-state index in [9.17, 15) is 9.59 Å². The van der Waals surface area contributed by atoms with Gasteiger partial charge >= 0.3 is 0 Å². The monoisotopic (exact) mass is 457 g/mol. The topological polar surface area (TPSA) is 88.9 Å². The van der Waals surface area contributed by atoms with Crippen LogP contribution in [0.15, 0.2) is 53.7 Å². The molecule has 2 aromatic carbocycles. The number of anilines is 1. The summed E-state index contributed by atoms with van der Waals surface area (Å²) in [5, 5.41) is 15.1. The average Bonchev–Trinajstić information content (AvgIpc) is 3.18. The first kappa shape index (κ1) is 22.8. The van der Waals surface area contributed by atoms with Crippen molar-refractivity contribution in [1.82, 2.24) is 20.1 Å². The largest absolute Gasteiger partial charge is 0.345 e. The molecule has 1 aromatic heterocycles. The van der Waals surface area contributed by atoms with Gasteiger partial charge in [-0.25, -0.2) is 0 Å². The van der Waals surface area contributed by atoms with Crippen molar-refractivity contribution < 1.29 is 9.59 Å². The fourth-order valence-corrected chi connectivity index (χ4v) is 3.97. The zero-order chi connectivity index (χ0) is 22.2. The van der Waals surface area contributed by atoms with Gasteiger partial charge < -0.3 is 15.2 Å². The first-order valence-electron chi connectivity index (χ1n) is 9.98. The third-order valence-corrected chi connectivity index (χ3v) is 5.91. The second kappa shape index (κ2) is 11.0. The molecule has 31 heavy (non-hydrogen) atoms. The summed E-state index contributed by atoms with van der Waals surface area (Å²) in [5.41, 5.74) is 2.39. The minimum atomic E-state index is -0.279. The zero-order valence-corrected chi connectivity index (χ0v) is 19.0. The molecule has 9 heteroatoms. The van der Waals surface area contributed by atoms with Crippen LogP contribution in [-0.2, 0) is 24.3 Å². The number of aryl methyl sites for hydroxylation is 1. The van der Waals surface area contributed by atoms with Crippen LogP contribution in [0.25, 0.3) is 0 Å². The smallest absolute Gasteiger partial charge is 0.253 e. The molecule has 2 N–H and O–H groups in total. The predicted octanol–water partition coefficient (Wildman–Crippen LogP) is 4.17. The van der Waals surface area contributed by atoms with Crippen LogP contribution in [0.1, 0.15) is 35.6 Å². The molecule has 0 unspecified atom stereocenters. The normalized spacial score (nSPS) is 10.7. The van der Waals surface area contributed by atoms with E-state index in [-0.39, 0.29) is 24.1 Å². The molecule has 3 rings (SSSR count). The van der Waals surface area contributed by atoms with Gasteiger partial charge in [-0.3, -0.25) is 9.59 Å². The number of carbonyl (C=O) groups is 2. The molecule has 0 aliphatic heterocycles. The summed E-state index contributed by atoms with van der Waals surface area (Å²) in [6.45, 7) is 4.88. The molecular weight excluding hydrogens is 434 g/mol.